The van der Waals surface area contributed by atoms with E-state index in [1.807, 2.05) is 0 Å². The first-order valence-corrected chi connectivity index (χ1v) is 7.61. The Bertz CT molecular complexity index is 763. The number of anilines is 1. The lowest BCUT2D eigenvalue weighted by Crippen LogP contribution is -2.14. The van der Waals surface area contributed by atoms with Crippen LogP contribution in [0.15, 0.2) is 47.6 Å². The second-order valence-electron chi connectivity index (χ2n) is 3.98. The molecule has 0 aliphatic carbocycles. The van der Waals surface area contributed by atoms with Gasteiger partial charge in [-0.2, -0.15) is 0 Å². The van der Waals surface area contributed by atoms with E-state index in [9.17, 15) is 13.2 Å². The van der Waals surface area contributed by atoms with E-state index in [4.69, 9.17) is 11.6 Å². The molecule has 110 valence electrons. The number of carbonyl (C=O) groups is 1. The third-order valence-corrected chi connectivity index (χ3v) is 4.26. The van der Waals surface area contributed by atoms with E-state index in [2.05, 4.69) is 14.4 Å². The Morgan fingerprint density at radius 2 is 2.10 bits per heavy atom. The fourth-order valence-corrected chi connectivity index (χ4v) is 2.81. The molecule has 0 atom stereocenters. The van der Waals surface area contributed by atoms with E-state index in [0.29, 0.717) is 0 Å². The summed E-state index contributed by atoms with van der Waals surface area (Å²) in [5.74, 6) is -0.589. The van der Waals surface area contributed by atoms with Crippen molar-refractivity contribution in [2.75, 3.05) is 11.8 Å². The van der Waals surface area contributed by atoms with Crippen molar-refractivity contribution < 1.29 is 17.9 Å². The number of hydrogen-bond acceptors (Lipinski definition) is 5. The molecule has 21 heavy (non-hydrogen) atoms. The summed E-state index contributed by atoms with van der Waals surface area (Å²) in [6.45, 7) is 0. The summed E-state index contributed by atoms with van der Waals surface area (Å²) in [7, 11) is -2.60. The van der Waals surface area contributed by atoms with Crippen LogP contribution in [0.4, 0.5) is 5.69 Å². The molecule has 0 aliphatic rings. The zero-order chi connectivity index (χ0) is 15.5. The van der Waals surface area contributed by atoms with Gasteiger partial charge >= 0.3 is 5.97 Å². The molecule has 0 radical (unpaired) electrons. The Kier molecular flexibility index (Phi) is 4.44. The number of carbonyl (C=O) groups excluding carboxylic acids is 1. The van der Waals surface area contributed by atoms with Crippen molar-refractivity contribution in [1.82, 2.24) is 4.98 Å². The number of nitrogens with zero attached hydrogens (tertiary/aromatic N) is 1. The van der Waals surface area contributed by atoms with Crippen LogP contribution in [0.25, 0.3) is 0 Å². The summed E-state index contributed by atoms with van der Waals surface area (Å²) >= 11 is 5.94. The smallest absolute Gasteiger partial charge is 0.337 e. The highest BCUT2D eigenvalue weighted by molar-refractivity contribution is 7.92. The lowest BCUT2D eigenvalue weighted by Gasteiger charge is -2.10. The van der Waals surface area contributed by atoms with Crippen LogP contribution >= 0.6 is 11.6 Å². The molecule has 1 N–H and O–H groups in total. The summed E-state index contributed by atoms with van der Waals surface area (Å²) in [6.07, 6.45) is 2.67. The minimum absolute atomic E-state index is 0.00969. The van der Waals surface area contributed by atoms with Crippen LogP contribution in [-0.2, 0) is 14.8 Å². The van der Waals surface area contributed by atoms with E-state index in [0.717, 1.165) is 0 Å². The summed E-state index contributed by atoms with van der Waals surface area (Å²) in [6, 6.07) is 7.06. The Morgan fingerprint density at radius 1 is 1.33 bits per heavy atom. The number of ether oxygens (including phenoxy) is 1. The molecule has 2 aromatic rings. The lowest BCUT2D eigenvalue weighted by atomic mass is 10.2. The molecule has 0 saturated carbocycles. The number of nitrogens with one attached hydrogen (secondary N) is 1. The Hall–Kier alpha value is -2.12. The second-order valence-corrected chi connectivity index (χ2v) is 6.07. The molecular weight excluding hydrogens is 316 g/mol. The summed E-state index contributed by atoms with van der Waals surface area (Å²) in [5, 5.41) is 0.162. The number of benzene rings is 1. The zero-order valence-electron chi connectivity index (χ0n) is 10.9. The van der Waals surface area contributed by atoms with Gasteiger partial charge in [0.05, 0.1) is 23.4 Å². The molecule has 6 nitrogen and oxygen atoms in total. The SMILES string of the molecule is COC(=O)c1ccc(Cl)c(NS(=O)(=O)c2cccnc2)c1. The van der Waals surface area contributed by atoms with Crippen molar-refractivity contribution in [1.29, 1.82) is 0 Å². The van der Waals surface area contributed by atoms with Gasteiger partial charge in [0.15, 0.2) is 0 Å². The molecule has 1 aromatic carbocycles. The number of sulfonamides is 1. The minimum Gasteiger partial charge on any atom is -0.465 e. The Balaban J connectivity index is 2.37. The van der Waals surface area contributed by atoms with Gasteiger partial charge < -0.3 is 4.74 Å². The maximum atomic E-state index is 12.2. The van der Waals surface area contributed by atoms with Gasteiger partial charge in [0.2, 0.25) is 0 Å². The molecule has 0 aliphatic heterocycles. The highest BCUT2D eigenvalue weighted by Gasteiger charge is 2.17. The summed E-state index contributed by atoms with van der Waals surface area (Å²) in [4.78, 5) is 15.2. The van der Waals surface area contributed by atoms with Gasteiger partial charge in [0.1, 0.15) is 4.90 Å². The summed E-state index contributed by atoms with van der Waals surface area (Å²) in [5.41, 5.74) is 0.272. The number of hydrogen-bond donors (Lipinski definition) is 1. The second kappa shape index (κ2) is 6.11. The number of halogens is 1. The van der Waals surface area contributed by atoms with Crippen LogP contribution < -0.4 is 4.72 Å². The largest absolute Gasteiger partial charge is 0.465 e. The molecule has 0 amide bonds. The molecule has 0 spiro atoms. The van der Waals surface area contributed by atoms with Gasteiger partial charge in [-0.25, -0.2) is 13.2 Å². The van der Waals surface area contributed by atoms with Crippen molar-refractivity contribution in [2.45, 2.75) is 4.90 Å². The van der Waals surface area contributed by atoms with Crippen molar-refractivity contribution in [2.24, 2.45) is 0 Å². The first-order valence-electron chi connectivity index (χ1n) is 5.75. The van der Waals surface area contributed by atoms with Crippen LogP contribution in [0.5, 0.6) is 0 Å². The predicted octanol–water partition coefficient (Wildman–Crippen LogP) is 2.32. The number of pyridine rings is 1. The quantitative estimate of drug-likeness (QED) is 0.871. The molecule has 0 bridgehead atoms. The average molecular weight is 327 g/mol. The van der Waals surface area contributed by atoms with Crippen LogP contribution in [0.3, 0.4) is 0 Å². The van der Waals surface area contributed by atoms with Gasteiger partial charge in [-0.1, -0.05) is 11.6 Å². The molecule has 2 rings (SSSR count). The number of aromatic nitrogens is 1. The highest BCUT2D eigenvalue weighted by Crippen LogP contribution is 2.26. The van der Waals surface area contributed by atoms with E-state index >= 15 is 0 Å². The molecule has 1 heterocycles. The molecular formula is C13H11ClN2O4S. The van der Waals surface area contributed by atoms with E-state index < -0.39 is 16.0 Å². The fourth-order valence-electron chi connectivity index (χ4n) is 1.56. The van der Waals surface area contributed by atoms with E-state index in [1.165, 1.54) is 49.8 Å². The lowest BCUT2D eigenvalue weighted by molar-refractivity contribution is 0.0601. The third-order valence-electron chi connectivity index (χ3n) is 2.58. The predicted molar refractivity (Wildman–Crippen MR) is 77.8 cm³/mol. The van der Waals surface area contributed by atoms with Crippen molar-refractivity contribution in [3.8, 4) is 0 Å². The van der Waals surface area contributed by atoms with Gasteiger partial charge in [0.25, 0.3) is 10.0 Å². The molecule has 8 heteroatoms. The van der Waals surface area contributed by atoms with Crippen LogP contribution in [0.2, 0.25) is 5.02 Å². The number of methoxy groups -OCH3 is 1. The minimum atomic E-state index is -3.83. The maximum Gasteiger partial charge on any atom is 0.337 e. The standard InChI is InChI=1S/C13H11ClN2O4S/c1-20-13(17)9-4-5-11(14)12(7-9)16-21(18,19)10-3-2-6-15-8-10/h2-8,16H,1H3. The Labute approximate surface area is 126 Å². The number of rotatable bonds is 4. The monoisotopic (exact) mass is 326 g/mol. The van der Waals surface area contributed by atoms with E-state index in [-0.39, 0.29) is 21.2 Å². The van der Waals surface area contributed by atoms with Crippen LogP contribution in [0.1, 0.15) is 10.4 Å². The molecule has 0 unspecified atom stereocenters. The fraction of sp³-hybridized carbons (Fsp3) is 0.0769. The first kappa shape index (κ1) is 15.3. The topological polar surface area (TPSA) is 85.4 Å². The molecule has 0 fully saturated rings. The number of esters is 1. The molecule has 0 saturated heterocycles. The van der Waals surface area contributed by atoms with Crippen LogP contribution in [-0.4, -0.2) is 26.5 Å². The van der Waals surface area contributed by atoms with Gasteiger partial charge in [-0.3, -0.25) is 9.71 Å². The van der Waals surface area contributed by atoms with Crippen molar-refractivity contribution >= 4 is 33.3 Å². The van der Waals surface area contributed by atoms with Gasteiger partial charge in [-0.15, -0.1) is 0 Å². The Morgan fingerprint density at radius 3 is 2.71 bits per heavy atom. The van der Waals surface area contributed by atoms with Crippen LogP contribution in [0, 0.1) is 0 Å². The third kappa shape index (κ3) is 3.50. The van der Waals surface area contributed by atoms with E-state index in [1.54, 1.807) is 0 Å². The zero-order valence-corrected chi connectivity index (χ0v) is 12.5. The first-order chi connectivity index (χ1) is 9.94. The average Bonchev–Trinajstić information content (AvgIpc) is 2.49. The van der Waals surface area contributed by atoms with Gasteiger partial charge in [0, 0.05) is 12.4 Å². The van der Waals surface area contributed by atoms with Crippen molar-refractivity contribution in [3.05, 3.63) is 53.3 Å². The highest BCUT2D eigenvalue weighted by atomic mass is 35.5. The maximum absolute atomic E-state index is 12.2. The molecule has 1 aromatic heterocycles. The summed E-state index contributed by atoms with van der Waals surface area (Å²) < 4.78 is 31.2. The normalized spacial score (nSPS) is 11.0. The van der Waals surface area contributed by atoms with Gasteiger partial charge in [-0.05, 0) is 30.3 Å². The van der Waals surface area contributed by atoms with Crippen molar-refractivity contribution in [3.63, 3.8) is 0 Å².